The average molecular weight is 471 g/mol. The summed E-state index contributed by atoms with van der Waals surface area (Å²) in [6.45, 7) is 4.11. The lowest BCUT2D eigenvalue weighted by Gasteiger charge is -2.25. The van der Waals surface area contributed by atoms with Gasteiger partial charge in [0.1, 0.15) is 11.5 Å². The van der Waals surface area contributed by atoms with E-state index in [2.05, 4.69) is 30.2 Å². The first kappa shape index (κ1) is 25.8. The van der Waals surface area contributed by atoms with Crippen molar-refractivity contribution in [3.8, 4) is 11.5 Å². The van der Waals surface area contributed by atoms with Gasteiger partial charge in [-0.25, -0.2) is 0 Å². The summed E-state index contributed by atoms with van der Waals surface area (Å²) in [4.78, 5) is 16.8. The van der Waals surface area contributed by atoms with Crippen molar-refractivity contribution in [1.29, 1.82) is 0 Å². The van der Waals surface area contributed by atoms with E-state index in [4.69, 9.17) is 9.47 Å². The molecule has 1 aromatic heterocycles. The Bertz CT molecular complexity index is 1080. The molecule has 5 heteroatoms. The Labute approximate surface area is 208 Å². The van der Waals surface area contributed by atoms with E-state index < -0.39 is 0 Å². The molecule has 0 aliphatic heterocycles. The molecule has 182 valence electrons. The molecule has 35 heavy (non-hydrogen) atoms. The van der Waals surface area contributed by atoms with E-state index in [1.165, 1.54) is 5.56 Å². The number of carbonyl (C=O) groups excluding carboxylic acids is 1. The number of hydrogen-bond donors (Lipinski definition) is 1. The molecule has 1 heterocycles. The molecule has 5 nitrogen and oxygen atoms in total. The van der Waals surface area contributed by atoms with Gasteiger partial charge in [-0.15, -0.1) is 0 Å². The molecule has 0 fully saturated rings. The highest BCUT2D eigenvalue weighted by Crippen LogP contribution is 2.27. The lowest BCUT2D eigenvalue weighted by molar-refractivity contribution is -0.118. The lowest BCUT2D eigenvalue weighted by Crippen LogP contribution is -2.42. The molecule has 1 N–H and O–H groups in total. The van der Waals surface area contributed by atoms with Crippen LogP contribution in [0.1, 0.15) is 43.4 Å². The SMILES string of the molecule is COc1ccc(C(=CC=CC(=O)NC(C)(C)CCCc2cccnc2)c2ccc(OC)cc2)cc1. The second-order valence-electron chi connectivity index (χ2n) is 8.98. The van der Waals surface area contributed by atoms with Gasteiger partial charge in [0.05, 0.1) is 14.2 Å². The first-order valence-electron chi connectivity index (χ1n) is 11.8. The van der Waals surface area contributed by atoms with Crippen LogP contribution in [0, 0.1) is 0 Å². The molecule has 0 aliphatic carbocycles. The number of benzene rings is 2. The third-order valence-corrected chi connectivity index (χ3v) is 5.76. The van der Waals surface area contributed by atoms with Crippen molar-refractivity contribution in [2.75, 3.05) is 14.2 Å². The summed E-state index contributed by atoms with van der Waals surface area (Å²) in [7, 11) is 3.30. The van der Waals surface area contributed by atoms with Crippen molar-refractivity contribution in [3.05, 3.63) is 108 Å². The van der Waals surface area contributed by atoms with Gasteiger partial charge in [0.25, 0.3) is 0 Å². The van der Waals surface area contributed by atoms with Crippen LogP contribution >= 0.6 is 0 Å². The number of rotatable bonds is 11. The molecule has 0 radical (unpaired) electrons. The molecule has 0 atom stereocenters. The molecular weight excluding hydrogens is 436 g/mol. The van der Waals surface area contributed by atoms with Crippen LogP contribution in [-0.4, -0.2) is 30.6 Å². The number of aromatic nitrogens is 1. The second kappa shape index (κ2) is 12.6. The number of aryl methyl sites for hydroxylation is 1. The zero-order valence-electron chi connectivity index (χ0n) is 21.0. The Kier molecular flexibility index (Phi) is 9.24. The molecule has 0 saturated heterocycles. The minimum absolute atomic E-state index is 0.114. The minimum Gasteiger partial charge on any atom is -0.497 e. The Morgan fingerprint density at radius 3 is 2.06 bits per heavy atom. The van der Waals surface area contributed by atoms with Crippen LogP contribution in [0.4, 0.5) is 0 Å². The van der Waals surface area contributed by atoms with Crippen LogP contribution in [0.3, 0.4) is 0 Å². The van der Waals surface area contributed by atoms with Crippen molar-refractivity contribution in [2.24, 2.45) is 0 Å². The fourth-order valence-corrected chi connectivity index (χ4v) is 3.85. The normalized spacial score (nSPS) is 11.2. The summed E-state index contributed by atoms with van der Waals surface area (Å²) >= 11 is 0. The quantitative estimate of drug-likeness (QED) is 0.276. The molecule has 0 unspecified atom stereocenters. The van der Waals surface area contributed by atoms with Crippen LogP contribution in [-0.2, 0) is 11.2 Å². The largest absolute Gasteiger partial charge is 0.497 e. The van der Waals surface area contributed by atoms with E-state index in [0.29, 0.717) is 0 Å². The van der Waals surface area contributed by atoms with E-state index in [1.54, 1.807) is 32.6 Å². The van der Waals surface area contributed by atoms with Gasteiger partial charge in [-0.1, -0.05) is 42.5 Å². The van der Waals surface area contributed by atoms with Crippen LogP contribution in [0.15, 0.2) is 91.3 Å². The van der Waals surface area contributed by atoms with Gasteiger partial charge in [0, 0.05) is 24.0 Å². The number of carbonyl (C=O) groups is 1. The molecular formula is C30H34N2O3. The highest BCUT2D eigenvalue weighted by Gasteiger charge is 2.18. The summed E-state index contributed by atoms with van der Waals surface area (Å²) < 4.78 is 10.6. The maximum Gasteiger partial charge on any atom is 0.244 e. The monoisotopic (exact) mass is 470 g/mol. The van der Waals surface area contributed by atoms with Gasteiger partial charge < -0.3 is 14.8 Å². The van der Waals surface area contributed by atoms with E-state index in [0.717, 1.165) is 47.5 Å². The van der Waals surface area contributed by atoms with E-state index in [-0.39, 0.29) is 11.4 Å². The third-order valence-electron chi connectivity index (χ3n) is 5.76. The van der Waals surface area contributed by atoms with Crippen molar-refractivity contribution in [1.82, 2.24) is 10.3 Å². The number of nitrogens with zero attached hydrogens (tertiary/aromatic N) is 1. The summed E-state index contributed by atoms with van der Waals surface area (Å²) in [5.41, 5.74) is 3.95. The fraction of sp³-hybridized carbons (Fsp3) is 0.267. The topological polar surface area (TPSA) is 60.5 Å². The first-order valence-corrected chi connectivity index (χ1v) is 11.8. The van der Waals surface area contributed by atoms with Crippen molar-refractivity contribution in [2.45, 2.75) is 38.6 Å². The van der Waals surface area contributed by atoms with Gasteiger partial charge in [-0.05, 0) is 85.7 Å². The maximum atomic E-state index is 12.6. The van der Waals surface area contributed by atoms with Crippen LogP contribution in [0.5, 0.6) is 11.5 Å². The number of nitrogens with one attached hydrogen (secondary N) is 1. The smallest absolute Gasteiger partial charge is 0.244 e. The van der Waals surface area contributed by atoms with Gasteiger partial charge in [0.2, 0.25) is 5.91 Å². The van der Waals surface area contributed by atoms with Gasteiger partial charge in [-0.3, -0.25) is 9.78 Å². The van der Waals surface area contributed by atoms with Crippen molar-refractivity contribution < 1.29 is 14.3 Å². The third kappa shape index (κ3) is 8.14. The minimum atomic E-state index is -0.303. The zero-order chi connectivity index (χ0) is 25.1. The van der Waals surface area contributed by atoms with Crippen molar-refractivity contribution in [3.63, 3.8) is 0 Å². The predicted octanol–water partition coefficient (Wildman–Crippen LogP) is 6.00. The molecule has 0 aliphatic rings. The van der Waals surface area contributed by atoms with E-state index in [9.17, 15) is 4.79 Å². The number of amides is 1. The number of methoxy groups -OCH3 is 2. The fourth-order valence-electron chi connectivity index (χ4n) is 3.85. The van der Waals surface area contributed by atoms with E-state index in [1.807, 2.05) is 66.9 Å². The molecule has 3 rings (SSSR count). The summed E-state index contributed by atoms with van der Waals surface area (Å²) in [5, 5.41) is 3.12. The second-order valence-corrected chi connectivity index (χ2v) is 8.98. The van der Waals surface area contributed by atoms with Gasteiger partial charge >= 0.3 is 0 Å². The summed E-state index contributed by atoms with van der Waals surface area (Å²) in [6.07, 6.45) is 11.8. The van der Waals surface area contributed by atoms with Crippen molar-refractivity contribution >= 4 is 11.5 Å². The first-order chi connectivity index (χ1) is 16.9. The maximum absolute atomic E-state index is 12.6. The Morgan fingerprint density at radius 1 is 0.943 bits per heavy atom. The molecule has 0 bridgehead atoms. The Morgan fingerprint density at radius 2 is 1.54 bits per heavy atom. The Hall–Kier alpha value is -3.86. The van der Waals surface area contributed by atoms with Gasteiger partial charge in [0.15, 0.2) is 0 Å². The molecule has 0 saturated carbocycles. The highest BCUT2D eigenvalue weighted by atomic mass is 16.5. The lowest BCUT2D eigenvalue weighted by atomic mass is 9.95. The summed E-state index contributed by atoms with van der Waals surface area (Å²) in [6, 6.07) is 19.8. The van der Waals surface area contributed by atoms with E-state index >= 15 is 0 Å². The number of ether oxygens (including phenoxy) is 2. The molecule has 0 spiro atoms. The average Bonchev–Trinajstić information content (AvgIpc) is 2.87. The van der Waals surface area contributed by atoms with Crippen LogP contribution < -0.4 is 14.8 Å². The van der Waals surface area contributed by atoms with Crippen LogP contribution in [0.25, 0.3) is 5.57 Å². The predicted molar refractivity (Wildman–Crippen MR) is 142 cm³/mol. The zero-order valence-corrected chi connectivity index (χ0v) is 21.0. The molecule has 2 aromatic carbocycles. The highest BCUT2D eigenvalue weighted by molar-refractivity contribution is 5.89. The number of pyridine rings is 1. The molecule has 3 aromatic rings. The Balaban J connectivity index is 1.68. The summed E-state index contributed by atoms with van der Waals surface area (Å²) in [5.74, 6) is 1.48. The van der Waals surface area contributed by atoms with Gasteiger partial charge in [-0.2, -0.15) is 0 Å². The molecule has 1 amide bonds. The number of hydrogen-bond acceptors (Lipinski definition) is 4. The standard InChI is InChI=1S/C30H34N2O3/c1-30(2,20-6-8-23-9-7-21-31-22-23)32-29(33)11-5-10-28(24-12-16-26(34-3)17-13-24)25-14-18-27(35-4)19-15-25/h5,7,9-19,21-22H,6,8,20H2,1-4H3,(H,32,33). The number of allylic oxidation sites excluding steroid dienone is 2. The van der Waals surface area contributed by atoms with Crippen LogP contribution in [0.2, 0.25) is 0 Å².